The Morgan fingerprint density at radius 2 is 2.06 bits per heavy atom. The van der Waals surface area contributed by atoms with Crippen LogP contribution in [0.3, 0.4) is 0 Å². The summed E-state index contributed by atoms with van der Waals surface area (Å²) < 4.78 is 0. The third-order valence-corrected chi connectivity index (χ3v) is 4.17. The van der Waals surface area contributed by atoms with Crippen LogP contribution in [0.15, 0.2) is 30.3 Å². The first-order chi connectivity index (χ1) is 8.70. The molecule has 1 fully saturated rings. The van der Waals surface area contributed by atoms with Crippen molar-refractivity contribution in [2.24, 2.45) is 11.8 Å². The maximum atomic E-state index is 10.3. The van der Waals surface area contributed by atoms with E-state index in [2.05, 4.69) is 18.7 Å². The quantitative estimate of drug-likeness (QED) is 0.864. The van der Waals surface area contributed by atoms with E-state index in [9.17, 15) is 5.11 Å². The molecule has 2 nitrogen and oxygen atoms in total. The van der Waals surface area contributed by atoms with Crippen molar-refractivity contribution in [3.63, 3.8) is 0 Å². The van der Waals surface area contributed by atoms with Gasteiger partial charge in [0.1, 0.15) is 0 Å². The highest BCUT2D eigenvalue weighted by Gasteiger charge is 2.25. The zero-order chi connectivity index (χ0) is 13.0. The van der Waals surface area contributed by atoms with Crippen LogP contribution in [-0.4, -0.2) is 29.6 Å². The van der Waals surface area contributed by atoms with Gasteiger partial charge >= 0.3 is 0 Å². The molecule has 0 aromatic heterocycles. The van der Waals surface area contributed by atoms with E-state index >= 15 is 0 Å². The second-order valence-corrected chi connectivity index (χ2v) is 5.66. The van der Waals surface area contributed by atoms with Gasteiger partial charge in [-0.15, -0.1) is 0 Å². The Labute approximate surface area is 111 Å². The van der Waals surface area contributed by atoms with Crippen molar-refractivity contribution in [1.82, 2.24) is 4.90 Å². The molecule has 100 valence electrons. The Bertz CT molecular complexity index is 351. The van der Waals surface area contributed by atoms with E-state index in [0.29, 0.717) is 5.92 Å². The normalized spacial score (nSPS) is 24.1. The molecule has 1 aromatic rings. The second kappa shape index (κ2) is 6.35. The molecule has 0 bridgehead atoms. The molecule has 1 aliphatic rings. The average Bonchev–Trinajstić information content (AvgIpc) is 2.86. The van der Waals surface area contributed by atoms with Crippen molar-refractivity contribution in [2.75, 3.05) is 19.6 Å². The van der Waals surface area contributed by atoms with E-state index in [1.165, 1.54) is 25.9 Å². The Balaban J connectivity index is 1.86. The van der Waals surface area contributed by atoms with E-state index in [0.717, 1.165) is 18.0 Å². The van der Waals surface area contributed by atoms with Crippen LogP contribution in [0, 0.1) is 11.8 Å². The number of benzene rings is 1. The highest BCUT2D eigenvalue weighted by molar-refractivity contribution is 5.17. The lowest BCUT2D eigenvalue weighted by Crippen LogP contribution is -2.29. The van der Waals surface area contributed by atoms with Crippen molar-refractivity contribution in [3.05, 3.63) is 35.9 Å². The molecule has 2 heteroatoms. The van der Waals surface area contributed by atoms with Crippen molar-refractivity contribution < 1.29 is 5.11 Å². The van der Waals surface area contributed by atoms with Crippen LogP contribution in [0.5, 0.6) is 0 Å². The van der Waals surface area contributed by atoms with Crippen molar-refractivity contribution >= 4 is 0 Å². The van der Waals surface area contributed by atoms with Crippen LogP contribution in [0.4, 0.5) is 0 Å². The van der Waals surface area contributed by atoms with E-state index in [-0.39, 0.29) is 6.10 Å². The molecular weight excluding hydrogens is 222 g/mol. The van der Waals surface area contributed by atoms with Crippen molar-refractivity contribution in [2.45, 2.75) is 32.8 Å². The number of hydrogen-bond donors (Lipinski definition) is 1. The van der Waals surface area contributed by atoms with Gasteiger partial charge < -0.3 is 10.0 Å². The molecule has 18 heavy (non-hydrogen) atoms. The average molecular weight is 247 g/mol. The standard InChI is InChI=1S/C16H25NO/c1-3-14-9-10-17(12-14)11-13(2)16(18)15-7-5-4-6-8-15/h4-8,13-14,16,18H,3,9-12H2,1-2H3. The van der Waals surface area contributed by atoms with Gasteiger partial charge in [0, 0.05) is 13.1 Å². The summed E-state index contributed by atoms with van der Waals surface area (Å²) in [7, 11) is 0. The topological polar surface area (TPSA) is 23.5 Å². The highest BCUT2D eigenvalue weighted by Crippen LogP contribution is 2.25. The molecule has 0 amide bonds. The summed E-state index contributed by atoms with van der Waals surface area (Å²) in [6.45, 7) is 7.84. The Hall–Kier alpha value is -0.860. The SMILES string of the molecule is CCC1CCN(CC(C)C(O)c2ccccc2)C1. The predicted octanol–water partition coefficient (Wildman–Crippen LogP) is 3.09. The molecule has 2 rings (SSSR count). The summed E-state index contributed by atoms with van der Waals surface area (Å²) in [4.78, 5) is 2.50. The third kappa shape index (κ3) is 3.33. The molecular formula is C16H25NO. The summed E-state index contributed by atoms with van der Waals surface area (Å²) in [6.07, 6.45) is 2.27. The van der Waals surface area contributed by atoms with Gasteiger partial charge in [-0.1, -0.05) is 50.6 Å². The predicted molar refractivity (Wildman–Crippen MR) is 75.4 cm³/mol. The lowest BCUT2D eigenvalue weighted by atomic mass is 9.97. The van der Waals surface area contributed by atoms with E-state index in [1.807, 2.05) is 30.3 Å². The van der Waals surface area contributed by atoms with E-state index < -0.39 is 0 Å². The smallest absolute Gasteiger partial charge is 0.0827 e. The Morgan fingerprint density at radius 1 is 1.33 bits per heavy atom. The lowest BCUT2D eigenvalue weighted by molar-refractivity contribution is 0.0935. The van der Waals surface area contributed by atoms with Gasteiger partial charge in [0.2, 0.25) is 0 Å². The highest BCUT2D eigenvalue weighted by atomic mass is 16.3. The first kappa shape index (κ1) is 13.6. The third-order valence-electron chi connectivity index (χ3n) is 4.17. The second-order valence-electron chi connectivity index (χ2n) is 5.66. The fourth-order valence-corrected chi connectivity index (χ4v) is 2.90. The molecule has 1 heterocycles. The largest absolute Gasteiger partial charge is 0.388 e. The Kier molecular flexibility index (Phi) is 4.79. The summed E-state index contributed by atoms with van der Waals surface area (Å²) in [5, 5.41) is 10.3. The number of hydrogen-bond acceptors (Lipinski definition) is 2. The van der Waals surface area contributed by atoms with Crippen molar-refractivity contribution in [3.8, 4) is 0 Å². The fraction of sp³-hybridized carbons (Fsp3) is 0.625. The molecule has 0 aliphatic carbocycles. The van der Waals surface area contributed by atoms with Gasteiger partial charge in [0.15, 0.2) is 0 Å². The maximum absolute atomic E-state index is 10.3. The van der Waals surface area contributed by atoms with Gasteiger partial charge in [-0.3, -0.25) is 0 Å². The summed E-state index contributed by atoms with van der Waals surface area (Å²) in [5.41, 5.74) is 1.04. The van der Waals surface area contributed by atoms with Gasteiger partial charge in [0.05, 0.1) is 6.10 Å². The summed E-state index contributed by atoms with van der Waals surface area (Å²) >= 11 is 0. The number of rotatable bonds is 5. The van der Waals surface area contributed by atoms with Gasteiger partial charge in [-0.2, -0.15) is 0 Å². The Morgan fingerprint density at radius 3 is 2.67 bits per heavy atom. The van der Waals surface area contributed by atoms with Crippen LogP contribution >= 0.6 is 0 Å². The maximum Gasteiger partial charge on any atom is 0.0827 e. The van der Waals surface area contributed by atoms with E-state index in [1.54, 1.807) is 0 Å². The van der Waals surface area contributed by atoms with Crippen LogP contribution in [0.2, 0.25) is 0 Å². The molecule has 0 radical (unpaired) electrons. The molecule has 3 atom stereocenters. The number of likely N-dealkylation sites (tertiary alicyclic amines) is 1. The van der Waals surface area contributed by atoms with Crippen LogP contribution in [0.1, 0.15) is 38.4 Å². The number of nitrogens with zero attached hydrogens (tertiary/aromatic N) is 1. The molecule has 0 saturated carbocycles. The number of aliphatic hydroxyl groups excluding tert-OH is 1. The fourth-order valence-electron chi connectivity index (χ4n) is 2.90. The molecule has 1 N–H and O–H groups in total. The first-order valence-electron chi connectivity index (χ1n) is 7.16. The van der Waals surface area contributed by atoms with E-state index in [4.69, 9.17) is 0 Å². The monoisotopic (exact) mass is 247 g/mol. The van der Waals surface area contributed by atoms with Gasteiger partial charge in [-0.25, -0.2) is 0 Å². The van der Waals surface area contributed by atoms with Gasteiger partial charge in [0.25, 0.3) is 0 Å². The lowest BCUT2D eigenvalue weighted by Gasteiger charge is -2.25. The zero-order valence-corrected chi connectivity index (χ0v) is 11.5. The minimum Gasteiger partial charge on any atom is -0.388 e. The molecule has 0 spiro atoms. The van der Waals surface area contributed by atoms with Crippen molar-refractivity contribution in [1.29, 1.82) is 0 Å². The first-order valence-corrected chi connectivity index (χ1v) is 7.16. The minimum atomic E-state index is -0.341. The molecule has 3 unspecified atom stereocenters. The minimum absolute atomic E-state index is 0.294. The molecule has 1 aromatic carbocycles. The summed E-state index contributed by atoms with van der Waals surface area (Å²) in [6, 6.07) is 10.0. The van der Waals surface area contributed by atoms with Crippen LogP contribution in [-0.2, 0) is 0 Å². The van der Waals surface area contributed by atoms with Crippen LogP contribution in [0.25, 0.3) is 0 Å². The molecule has 1 aliphatic heterocycles. The van der Waals surface area contributed by atoms with Crippen LogP contribution < -0.4 is 0 Å². The number of aliphatic hydroxyl groups is 1. The summed E-state index contributed by atoms with van der Waals surface area (Å²) in [5.74, 6) is 1.16. The molecule has 1 saturated heterocycles. The zero-order valence-electron chi connectivity index (χ0n) is 11.5. The van der Waals surface area contributed by atoms with Gasteiger partial charge in [-0.05, 0) is 30.4 Å².